The summed E-state index contributed by atoms with van der Waals surface area (Å²) >= 11 is 0. The molecule has 25 heavy (non-hydrogen) atoms. The molecule has 2 aromatic carbocycles. The van der Waals surface area contributed by atoms with E-state index >= 15 is 0 Å². The van der Waals surface area contributed by atoms with E-state index in [1.54, 1.807) is 12.1 Å². The lowest BCUT2D eigenvalue weighted by Crippen LogP contribution is -2.36. The molecule has 0 unspecified atom stereocenters. The highest BCUT2D eigenvalue weighted by Crippen LogP contribution is 2.18. The predicted octanol–water partition coefficient (Wildman–Crippen LogP) is 2.25. The summed E-state index contributed by atoms with van der Waals surface area (Å²) in [7, 11) is 2.10. The molecule has 1 aliphatic heterocycles. The normalized spacial score (nSPS) is 14.7. The third-order valence-corrected chi connectivity index (χ3v) is 4.46. The van der Waals surface area contributed by atoms with Crippen molar-refractivity contribution < 1.29 is 9.53 Å². The van der Waals surface area contributed by atoms with E-state index in [0.717, 1.165) is 45.0 Å². The number of hydrogen-bond acceptors (Lipinski definition) is 4. The average molecular weight is 339 g/mol. The third kappa shape index (κ3) is 4.81. The fraction of sp³-hybridized carbons (Fsp3) is 0.350. The van der Waals surface area contributed by atoms with Crippen LogP contribution in [0.25, 0.3) is 0 Å². The Balaban J connectivity index is 1.55. The van der Waals surface area contributed by atoms with Gasteiger partial charge in [-0.2, -0.15) is 0 Å². The smallest absolute Gasteiger partial charge is 0.248 e. The third-order valence-electron chi connectivity index (χ3n) is 4.46. The monoisotopic (exact) mass is 339 g/mol. The number of nitrogens with zero attached hydrogens (tertiary/aromatic N) is 2. The van der Waals surface area contributed by atoms with Crippen molar-refractivity contribution >= 4 is 11.6 Å². The summed E-state index contributed by atoms with van der Waals surface area (Å²) in [6.45, 7) is 5.23. The predicted molar refractivity (Wildman–Crippen MR) is 99.6 cm³/mol. The van der Waals surface area contributed by atoms with Crippen molar-refractivity contribution in [1.29, 1.82) is 0 Å². The van der Waals surface area contributed by atoms with Gasteiger partial charge in [-0.15, -0.1) is 0 Å². The Morgan fingerprint density at radius 3 is 2.04 bits per heavy atom. The van der Waals surface area contributed by atoms with E-state index in [-0.39, 0.29) is 5.91 Å². The van der Waals surface area contributed by atoms with E-state index in [0.29, 0.717) is 5.56 Å². The molecule has 2 aromatic rings. The molecule has 1 heterocycles. The highest BCUT2D eigenvalue weighted by Gasteiger charge is 2.11. The Labute approximate surface area is 149 Å². The second kappa shape index (κ2) is 8.14. The molecular formula is C20H25N3O2. The number of carbonyl (C=O) groups is 1. The molecule has 0 aliphatic carbocycles. The minimum Gasteiger partial charge on any atom is -0.378 e. The van der Waals surface area contributed by atoms with Crippen molar-refractivity contribution in [2.75, 3.05) is 38.3 Å². The van der Waals surface area contributed by atoms with Gasteiger partial charge < -0.3 is 15.4 Å². The van der Waals surface area contributed by atoms with E-state index in [1.807, 2.05) is 12.1 Å². The highest BCUT2D eigenvalue weighted by molar-refractivity contribution is 5.92. The van der Waals surface area contributed by atoms with Gasteiger partial charge in [0.1, 0.15) is 0 Å². The van der Waals surface area contributed by atoms with Crippen molar-refractivity contribution in [3.8, 4) is 0 Å². The molecule has 0 radical (unpaired) electrons. The molecule has 1 aliphatic rings. The Kier molecular flexibility index (Phi) is 5.68. The highest BCUT2D eigenvalue weighted by atomic mass is 16.5. The van der Waals surface area contributed by atoms with Gasteiger partial charge in [0.2, 0.25) is 5.91 Å². The van der Waals surface area contributed by atoms with E-state index in [4.69, 9.17) is 10.5 Å². The summed E-state index contributed by atoms with van der Waals surface area (Å²) in [5.74, 6) is -0.389. The maximum absolute atomic E-state index is 11.1. The average Bonchev–Trinajstić information content (AvgIpc) is 2.63. The zero-order valence-electron chi connectivity index (χ0n) is 14.6. The van der Waals surface area contributed by atoms with Gasteiger partial charge in [-0.05, 0) is 42.4 Å². The molecule has 132 valence electrons. The first-order valence-electron chi connectivity index (χ1n) is 8.61. The topological polar surface area (TPSA) is 58.8 Å². The van der Waals surface area contributed by atoms with Gasteiger partial charge in [0, 0.05) is 37.4 Å². The quantitative estimate of drug-likeness (QED) is 0.877. The molecule has 1 amide bonds. The largest absolute Gasteiger partial charge is 0.378 e. The number of carbonyl (C=O) groups excluding carboxylic acids is 1. The fourth-order valence-corrected chi connectivity index (χ4v) is 3.09. The van der Waals surface area contributed by atoms with Gasteiger partial charge in [-0.1, -0.05) is 24.3 Å². The number of hydrogen-bond donors (Lipinski definition) is 1. The summed E-state index contributed by atoms with van der Waals surface area (Å²) in [6, 6.07) is 16.2. The van der Waals surface area contributed by atoms with Crippen LogP contribution >= 0.6 is 0 Å². The summed E-state index contributed by atoms with van der Waals surface area (Å²) in [4.78, 5) is 15.7. The molecule has 1 fully saturated rings. The van der Waals surface area contributed by atoms with Crippen LogP contribution in [0.3, 0.4) is 0 Å². The minimum atomic E-state index is -0.389. The van der Waals surface area contributed by atoms with Crippen molar-refractivity contribution in [2.24, 2.45) is 5.73 Å². The Hall–Kier alpha value is -2.37. The Bertz CT molecular complexity index is 692. The van der Waals surface area contributed by atoms with E-state index in [1.165, 1.54) is 11.3 Å². The number of primary amides is 1. The van der Waals surface area contributed by atoms with Crippen LogP contribution in [0.2, 0.25) is 0 Å². The number of ether oxygens (including phenoxy) is 1. The lowest BCUT2D eigenvalue weighted by Gasteiger charge is -2.29. The summed E-state index contributed by atoms with van der Waals surface area (Å²) < 4.78 is 5.40. The van der Waals surface area contributed by atoms with E-state index in [2.05, 4.69) is 41.1 Å². The van der Waals surface area contributed by atoms with Crippen LogP contribution in [0.1, 0.15) is 21.5 Å². The number of morpholine rings is 1. The lowest BCUT2D eigenvalue weighted by molar-refractivity contribution is 0.1000. The van der Waals surface area contributed by atoms with Crippen molar-refractivity contribution in [3.63, 3.8) is 0 Å². The van der Waals surface area contributed by atoms with Crippen LogP contribution in [0.4, 0.5) is 5.69 Å². The van der Waals surface area contributed by atoms with Crippen molar-refractivity contribution in [2.45, 2.75) is 13.1 Å². The molecule has 0 atom stereocenters. The van der Waals surface area contributed by atoms with Crippen LogP contribution in [-0.2, 0) is 17.8 Å². The molecule has 0 spiro atoms. The molecule has 5 nitrogen and oxygen atoms in total. The molecule has 1 saturated heterocycles. The van der Waals surface area contributed by atoms with Gasteiger partial charge in [-0.25, -0.2) is 0 Å². The zero-order chi connectivity index (χ0) is 17.6. The zero-order valence-corrected chi connectivity index (χ0v) is 14.6. The summed E-state index contributed by atoms with van der Waals surface area (Å²) in [6.07, 6.45) is 0. The lowest BCUT2D eigenvalue weighted by atomic mass is 10.1. The Morgan fingerprint density at radius 1 is 1.00 bits per heavy atom. The first-order chi connectivity index (χ1) is 12.1. The minimum absolute atomic E-state index is 0.389. The van der Waals surface area contributed by atoms with Gasteiger partial charge in [-0.3, -0.25) is 9.69 Å². The number of nitrogens with two attached hydrogens (primary N) is 1. The maximum Gasteiger partial charge on any atom is 0.248 e. The molecule has 5 heteroatoms. The molecule has 0 saturated carbocycles. The van der Waals surface area contributed by atoms with Crippen LogP contribution in [0.5, 0.6) is 0 Å². The Morgan fingerprint density at radius 2 is 1.52 bits per heavy atom. The van der Waals surface area contributed by atoms with Crippen molar-refractivity contribution in [3.05, 3.63) is 65.2 Å². The first kappa shape index (κ1) is 17.5. The number of rotatable bonds is 6. The molecular weight excluding hydrogens is 314 g/mol. The molecule has 2 N–H and O–H groups in total. The number of benzene rings is 2. The van der Waals surface area contributed by atoms with Crippen LogP contribution in [0.15, 0.2) is 48.5 Å². The maximum atomic E-state index is 11.1. The van der Waals surface area contributed by atoms with Gasteiger partial charge in [0.05, 0.1) is 13.2 Å². The second-order valence-corrected chi connectivity index (χ2v) is 6.50. The number of anilines is 1. The molecule has 0 aromatic heterocycles. The van der Waals surface area contributed by atoms with Crippen molar-refractivity contribution in [1.82, 2.24) is 4.90 Å². The summed E-state index contributed by atoms with van der Waals surface area (Å²) in [5, 5.41) is 0. The first-order valence-corrected chi connectivity index (χ1v) is 8.61. The van der Waals surface area contributed by atoms with E-state index < -0.39 is 0 Å². The standard InChI is InChI=1S/C20H25N3O2/c1-22(14-16-2-6-18(7-3-16)20(21)24)15-17-4-8-19(9-5-17)23-10-12-25-13-11-23/h2-9H,10-15H2,1H3,(H2,21,24). The van der Waals surface area contributed by atoms with Crippen LogP contribution in [0, 0.1) is 0 Å². The summed E-state index contributed by atoms with van der Waals surface area (Å²) in [5.41, 5.74) is 9.53. The fourth-order valence-electron chi connectivity index (χ4n) is 3.09. The second-order valence-electron chi connectivity index (χ2n) is 6.50. The SMILES string of the molecule is CN(Cc1ccc(C(N)=O)cc1)Cc1ccc(N2CCOCC2)cc1. The van der Waals surface area contributed by atoms with Crippen LogP contribution < -0.4 is 10.6 Å². The molecule has 0 bridgehead atoms. The van der Waals surface area contributed by atoms with Gasteiger partial charge in [0.25, 0.3) is 0 Å². The van der Waals surface area contributed by atoms with E-state index in [9.17, 15) is 4.79 Å². The van der Waals surface area contributed by atoms with Crippen LogP contribution in [-0.4, -0.2) is 44.2 Å². The molecule has 3 rings (SSSR count). The van der Waals surface area contributed by atoms with Gasteiger partial charge in [0.15, 0.2) is 0 Å². The number of amides is 1. The van der Waals surface area contributed by atoms with Gasteiger partial charge >= 0.3 is 0 Å².